The Bertz CT molecular complexity index is 429. The molecular formula is C13H16BrNO2. The van der Waals surface area contributed by atoms with E-state index in [9.17, 15) is 5.11 Å². The smallest absolute Gasteiger partial charge is 0.126 e. The van der Waals surface area contributed by atoms with Crippen molar-refractivity contribution in [2.75, 3.05) is 13.1 Å². The lowest BCUT2D eigenvalue weighted by molar-refractivity contribution is -0.0337. The minimum Gasteiger partial charge on any atom is -0.487 e. The van der Waals surface area contributed by atoms with Gasteiger partial charge in [0.15, 0.2) is 0 Å². The van der Waals surface area contributed by atoms with E-state index in [1.54, 1.807) is 0 Å². The van der Waals surface area contributed by atoms with Crippen LogP contribution < -0.4 is 10.1 Å². The molecule has 4 heteroatoms. The molecule has 0 amide bonds. The maximum atomic E-state index is 10.3. The lowest BCUT2D eigenvalue weighted by Crippen LogP contribution is -2.49. The molecular weight excluding hydrogens is 282 g/mol. The van der Waals surface area contributed by atoms with Crippen LogP contribution >= 0.6 is 15.9 Å². The van der Waals surface area contributed by atoms with Crippen molar-refractivity contribution >= 4 is 15.9 Å². The number of ether oxygens (including phenoxy) is 1. The van der Waals surface area contributed by atoms with Crippen molar-refractivity contribution in [2.24, 2.45) is 0 Å². The van der Waals surface area contributed by atoms with Gasteiger partial charge in [0.05, 0.1) is 6.10 Å². The number of piperidine rings is 1. The third kappa shape index (κ3) is 2.09. The van der Waals surface area contributed by atoms with Crippen LogP contribution in [0, 0.1) is 0 Å². The van der Waals surface area contributed by atoms with Gasteiger partial charge in [-0.1, -0.05) is 15.9 Å². The summed E-state index contributed by atoms with van der Waals surface area (Å²) in [6.45, 7) is 1.94. The van der Waals surface area contributed by atoms with E-state index in [4.69, 9.17) is 4.74 Å². The second-order valence-corrected chi connectivity index (χ2v) is 5.85. The zero-order valence-electron chi connectivity index (χ0n) is 9.58. The van der Waals surface area contributed by atoms with Crippen LogP contribution in [0.2, 0.25) is 0 Å². The Kier molecular flexibility index (Phi) is 2.89. The van der Waals surface area contributed by atoms with E-state index in [-0.39, 0.29) is 5.60 Å². The third-order valence-corrected chi connectivity index (χ3v) is 4.23. The summed E-state index contributed by atoms with van der Waals surface area (Å²) in [5.41, 5.74) is 0.745. The first-order chi connectivity index (χ1) is 8.19. The van der Waals surface area contributed by atoms with Gasteiger partial charge in [-0.25, -0.2) is 0 Å². The summed E-state index contributed by atoms with van der Waals surface area (Å²) in [4.78, 5) is 0. The molecule has 3 nitrogen and oxygen atoms in total. The summed E-state index contributed by atoms with van der Waals surface area (Å²) in [6.07, 6.45) is 2.24. The van der Waals surface area contributed by atoms with Gasteiger partial charge < -0.3 is 15.2 Å². The molecule has 1 aromatic carbocycles. The van der Waals surface area contributed by atoms with E-state index in [2.05, 4.69) is 21.2 Å². The number of aliphatic hydroxyl groups excluding tert-OH is 1. The van der Waals surface area contributed by atoms with Gasteiger partial charge in [-0.2, -0.15) is 0 Å². The van der Waals surface area contributed by atoms with Crippen LogP contribution in [-0.4, -0.2) is 23.8 Å². The van der Waals surface area contributed by atoms with E-state index in [1.807, 2.05) is 18.2 Å². The zero-order valence-corrected chi connectivity index (χ0v) is 11.2. The van der Waals surface area contributed by atoms with E-state index in [0.717, 1.165) is 41.7 Å². The second-order valence-electron chi connectivity index (χ2n) is 4.94. The molecule has 2 aliphatic rings. The molecule has 0 radical (unpaired) electrons. The standard InChI is InChI=1S/C13H16BrNO2/c14-9-1-2-12-10(7-9)11(16)8-13(17-12)3-5-15-6-4-13/h1-2,7,11,15-16H,3-6,8H2/t11-/m1/s1. The maximum absolute atomic E-state index is 10.3. The number of hydrogen-bond acceptors (Lipinski definition) is 3. The van der Waals surface area contributed by atoms with Crippen LogP contribution in [0.15, 0.2) is 22.7 Å². The van der Waals surface area contributed by atoms with E-state index in [0.29, 0.717) is 6.42 Å². The number of aliphatic hydroxyl groups is 1. The minimum absolute atomic E-state index is 0.161. The molecule has 92 valence electrons. The molecule has 1 spiro atoms. The van der Waals surface area contributed by atoms with Crippen LogP contribution in [0.1, 0.15) is 30.9 Å². The Morgan fingerprint density at radius 3 is 2.88 bits per heavy atom. The van der Waals surface area contributed by atoms with Gasteiger partial charge in [0.25, 0.3) is 0 Å². The highest BCUT2D eigenvalue weighted by Gasteiger charge is 2.41. The van der Waals surface area contributed by atoms with Gasteiger partial charge in [0, 0.05) is 16.5 Å². The fourth-order valence-corrected chi connectivity index (χ4v) is 3.18. The molecule has 0 saturated carbocycles. The molecule has 1 fully saturated rings. The lowest BCUT2D eigenvalue weighted by atomic mass is 9.82. The molecule has 17 heavy (non-hydrogen) atoms. The van der Waals surface area contributed by atoms with Crippen molar-refractivity contribution in [3.63, 3.8) is 0 Å². The highest BCUT2D eigenvalue weighted by Crippen LogP contribution is 2.44. The molecule has 3 rings (SSSR count). The first kappa shape index (κ1) is 11.5. The lowest BCUT2D eigenvalue weighted by Gasteiger charge is -2.43. The predicted octanol–water partition coefficient (Wildman–Crippen LogP) is 2.39. The van der Waals surface area contributed by atoms with Crippen LogP contribution in [-0.2, 0) is 0 Å². The normalized spacial score (nSPS) is 26.4. The van der Waals surface area contributed by atoms with E-state index in [1.165, 1.54) is 0 Å². The van der Waals surface area contributed by atoms with Crippen LogP contribution in [0.3, 0.4) is 0 Å². The molecule has 1 atom stereocenters. The number of hydrogen-bond donors (Lipinski definition) is 2. The molecule has 1 saturated heterocycles. The average Bonchev–Trinajstić information content (AvgIpc) is 2.31. The summed E-state index contributed by atoms with van der Waals surface area (Å²) in [5.74, 6) is 0.842. The molecule has 0 unspecified atom stereocenters. The second kappa shape index (κ2) is 4.26. The fourth-order valence-electron chi connectivity index (χ4n) is 2.80. The first-order valence-corrected chi connectivity index (χ1v) is 6.85. The number of benzene rings is 1. The number of nitrogens with one attached hydrogen (secondary N) is 1. The van der Waals surface area contributed by atoms with Crippen molar-refractivity contribution < 1.29 is 9.84 Å². The van der Waals surface area contributed by atoms with Gasteiger partial charge in [-0.15, -0.1) is 0 Å². The Morgan fingerprint density at radius 2 is 2.12 bits per heavy atom. The molecule has 0 bridgehead atoms. The first-order valence-electron chi connectivity index (χ1n) is 6.06. The van der Waals surface area contributed by atoms with E-state index >= 15 is 0 Å². The van der Waals surface area contributed by atoms with Gasteiger partial charge >= 0.3 is 0 Å². The molecule has 0 aliphatic carbocycles. The quantitative estimate of drug-likeness (QED) is 0.773. The van der Waals surface area contributed by atoms with Crippen LogP contribution in [0.5, 0.6) is 5.75 Å². The largest absolute Gasteiger partial charge is 0.487 e. The van der Waals surface area contributed by atoms with Gasteiger partial charge in [0.1, 0.15) is 11.4 Å². The molecule has 2 heterocycles. The zero-order chi connectivity index (χ0) is 11.9. The Morgan fingerprint density at radius 1 is 1.35 bits per heavy atom. The van der Waals surface area contributed by atoms with Crippen LogP contribution in [0.25, 0.3) is 0 Å². The molecule has 1 aromatic rings. The van der Waals surface area contributed by atoms with Crippen molar-refractivity contribution in [3.8, 4) is 5.75 Å². The number of fused-ring (bicyclic) bond motifs is 1. The summed E-state index contributed by atoms with van der Waals surface area (Å²) in [5, 5.41) is 13.6. The Labute approximate surface area is 109 Å². The molecule has 2 aliphatic heterocycles. The van der Waals surface area contributed by atoms with Crippen molar-refractivity contribution in [1.29, 1.82) is 0 Å². The van der Waals surface area contributed by atoms with Gasteiger partial charge in [-0.3, -0.25) is 0 Å². The minimum atomic E-state index is -0.408. The topological polar surface area (TPSA) is 41.5 Å². The summed E-state index contributed by atoms with van der Waals surface area (Å²) in [7, 11) is 0. The monoisotopic (exact) mass is 297 g/mol. The van der Waals surface area contributed by atoms with Crippen molar-refractivity contribution in [3.05, 3.63) is 28.2 Å². The highest BCUT2D eigenvalue weighted by atomic mass is 79.9. The van der Waals surface area contributed by atoms with Gasteiger partial charge in [-0.05, 0) is 44.1 Å². The Balaban J connectivity index is 1.94. The highest BCUT2D eigenvalue weighted by molar-refractivity contribution is 9.10. The summed E-state index contributed by atoms with van der Waals surface area (Å²) >= 11 is 3.43. The van der Waals surface area contributed by atoms with Crippen LogP contribution in [0.4, 0.5) is 0 Å². The maximum Gasteiger partial charge on any atom is 0.126 e. The van der Waals surface area contributed by atoms with Crippen molar-refractivity contribution in [2.45, 2.75) is 31.0 Å². The number of halogens is 1. The average molecular weight is 298 g/mol. The van der Waals surface area contributed by atoms with Gasteiger partial charge in [0.2, 0.25) is 0 Å². The van der Waals surface area contributed by atoms with Crippen molar-refractivity contribution in [1.82, 2.24) is 5.32 Å². The SMILES string of the molecule is O[C@@H]1CC2(CCNCC2)Oc2ccc(Br)cc21. The summed E-state index contributed by atoms with van der Waals surface area (Å²) < 4.78 is 7.15. The Hall–Kier alpha value is -0.580. The predicted molar refractivity (Wildman–Crippen MR) is 69.2 cm³/mol. The third-order valence-electron chi connectivity index (χ3n) is 3.74. The fraction of sp³-hybridized carbons (Fsp3) is 0.538. The molecule has 0 aromatic heterocycles. The summed E-state index contributed by atoms with van der Waals surface area (Å²) in [6, 6.07) is 5.87. The number of rotatable bonds is 0. The molecule has 2 N–H and O–H groups in total. The van der Waals surface area contributed by atoms with E-state index < -0.39 is 6.10 Å².